The maximum atomic E-state index is 10.3. The van der Waals surface area contributed by atoms with Crippen LogP contribution in [0.3, 0.4) is 0 Å². The molecule has 4 heteroatoms. The summed E-state index contributed by atoms with van der Waals surface area (Å²) in [6.45, 7) is 4.31. The topological polar surface area (TPSA) is 35.9 Å². The third kappa shape index (κ3) is 8.05. The maximum absolute atomic E-state index is 10.3. The van der Waals surface area contributed by atoms with E-state index in [1.165, 1.54) is 0 Å². The van der Waals surface area contributed by atoms with Crippen LogP contribution in [0.5, 0.6) is 0 Å². The highest BCUT2D eigenvalue weighted by Crippen LogP contribution is 2.19. The molecular formula is C12H28N2O2. The van der Waals surface area contributed by atoms with Gasteiger partial charge < -0.3 is 19.6 Å². The number of rotatable bonds is 9. The molecule has 0 fully saturated rings. The number of hydrogen-bond donors (Lipinski definition) is 1. The van der Waals surface area contributed by atoms with E-state index in [0.29, 0.717) is 19.4 Å². The van der Waals surface area contributed by atoms with Gasteiger partial charge in [0.1, 0.15) is 0 Å². The molecule has 0 aromatic heterocycles. The van der Waals surface area contributed by atoms with Crippen molar-refractivity contribution in [3.63, 3.8) is 0 Å². The van der Waals surface area contributed by atoms with Gasteiger partial charge in [0.25, 0.3) is 0 Å². The highest BCUT2D eigenvalue weighted by atomic mass is 16.6. The van der Waals surface area contributed by atoms with E-state index in [4.69, 9.17) is 4.74 Å². The summed E-state index contributed by atoms with van der Waals surface area (Å²) in [5, 5.41) is 10.3. The first-order valence-corrected chi connectivity index (χ1v) is 6.05. The van der Waals surface area contributed by atoms with Crippen LogP contribution < -0.4 is 0 Å². The van der Waals surface area contributed by atoms with Gasteiger partial charge in [0.05, 0.1) is 0 Å². The second kappa shape index (κ2) is 8.01. The summed E-state index contributed by atoms with van der Waals surface area (Å²) >= 11 is 0. The lowest BCUT2D eigenvalue weighted by atomic mass is 10.1. The number of aliphatic hydroxyl groups is 1. The molecule has 0 radical (unpaired) electrons. The van der Waals surface area contributed by atoms with Gasteiger partial charge in [-0.25, -0.2) is 0 Å². The smallest absolute Gasteiger partial charge is 0.166 e. The first-order chi connectivity index (χ1) is 7.39. The summed E-state index contributed by atoms with van der Waals surface area (Å²) in [5.41, 5.74) is 0. The van der Waals surface area contributed by atoms with Crippen LogP contribution in [0.25, 0.3) is 0 Å². The third-order valence-corrected chi connectivity index (χ3v) is 2.54. The number of hydrogen-bond acceptors (Lipinski definition) is 4. The molecule has 0 spiro atoms. The Morgan fingerprint density at radius 3 is 2.00 bits per heavy atom. The zero-order valence-corrected chi connectivity index (χ0v) is 11.5. The van der Waals surface area contributed by atoms with Gasteiger partial charge in [-0.15, -0.1) is 0 Å². The fourth-order valence-corrected chi connectivity index (χ4v) is 1.61. The minimum absolute atomic E-state index is 0.561. The predicted molar refractivity (Wildman–Crippen MR) is 67.5 cm³/mol. The van der Waals surface area contributed by atoms with Crippen molar-refractivity contribution in [2.45, 2.75) is 32.0 Å². The fourth-order valence-electron chi connectivity index (χ4n) is 1.61. The van der Waals surface area contributed by atoms with Crippen LogP contribution in [0.15, 0.2) is 0 Å². The largest absolute Gasteiger partial charge is 0.365 e. The van der Waals surface area contributed by atoms with Gasteiger partial charge in [-0.3, -0.25) is 0 Å². The van der Waals surface area contributed by atoms with Crippen LogP contribution in [0.2, 0.25) is 0 Å². The van der Waals surface area contributed by atoms with Crippen molar-refractivity contribution in [2.75, 3.05) is 47.9 Å². The van der Waals surface area contributed by atoms with Crippen molar-refractivity contribution in [3.05, 3.63) is 0 Å². The molecule has 0 rings (SSSR count). The lowest BCUT2D eigenvalue weighted by Gasteiger charge is -2.29. The zero-order chi connectivity index (χ0) is 12.6. The minimum atomic E-state index is -0.949. The molecule has 1 unspecified atom stereocenters. The molecule has 0 aliphatic heterocycles. The summed E-state index contributed by atoms with van der Waals surface area (Å²) in [7, 11) is 8.09. The molecule has 0 aromatic rings. The van der Waals surface area contributed by atoms with Gasteiger partial charge in [0.2, 0.25) is 0 Å². The van der Waals surface area contributed by atoms with E-state index in [0.717, 1.165) is 19.5 Å². The Hall–Kier alpha value is -0.160. The molecule has 0 amide bonds. The monoisotopic (exact) mass is 232 g/mol. The van der Waals surface area contributed by atoms with E-state index in [1.807, 2.05) is 35.1 Å². The minimum Gasteiger partial charge on any atom is -0.365 e. The van der Waals surface area contributed by atoms with E-state index in [2.05, 4.69) is 9.80 Å². The molecule has 16 heavy (non-hydrogen) atoms. The fraction of sp³-hybridized carbons (Fsp3) is 1.00. The van der Waals surface area contributed by atoms with Gasteiger partial charge in [-0.05, 0) is 48.1 Å². The average Bonchev–Trinajstić information content (AvgIpc) is 2.15. The van der Waals surface area contributed by atoms with Gasteiger partial charge in [-0.2, -0.15) is 0 Å². The van der Waals surface area contributed by atoms with Crippen LogP contribution in [0.4, 0.5) is 0 Å². The van der Waals surface area contributed by atoms with Crippen LogP contribution in [-0.2, 0) is 4.74 Å². The van der Waals surface area contributed by atoms with E-state index in [9.17, 15) is 5.11 Å². The number of nitrogens with zero attached hydrogens (tertiary/aromatic N) is 2. The summed E-state index contributed by atoms with van der Waals surface area (Å²) in [6.07, 6.45) is 2.32. The van der Waals surface area contributed by atoms with Crippen LogP contribution >= 0.6 is 0 Å². The summed E-state index contributed by atoms with van der Waals surface area (Å²) in [6, 6.07) is 0. The van der Waals surface area contributed by atoms with Crippen molar-refractivity contribution in [3.8, 4) is 0 Å². The molecule has 0 aliphatic rings. The Labute approximate surface area is 100 Å². The summed E-state index contributed by atoms with van der Waals surface area (Å²) < 4.78 is 5.47. The normalized spacial score (nSPS) is 15.8. The van der Waals surface area contributed by atoms with Gasteiger partial charge in [0, 0.05) is 26.0 Å². The van der Waals surface area contributed by atoms with Crippen molar-refractivity contribution in [2.24, 2.45) is 0 Å². The molecule has 1 N–H and O–H groups in total. The molecule has 0 bridgehead atoms. The van der Waals surface area contributed by atoms with Gasteiger partial charge >= 0.3 is 0 Å². The maximum Gasteiger partial charge on any atom is 0.166 e. The van der Waals surface area contributed by atoms with Crippen LogP contribution in [-0.4, -0.2) is 68.6 Å². The van der Waals surface area contributed by atoms with E-state index < -0.39 is 5.79 Å². The van der Waals surface area contributed by atoms with Crippen molar-refractivity contribution in [1.82, 2.24) is 9.80 Å². The molecule has 0 saturated carbocycles. The van der Waals surface area contributed by atoms with Crippen molar-refractivity contribution >= 4 is 0 Å². The Balaban J connectivity index is 4.00. The standard InChI is InChI=1S/C12H28N2O2/c1-6-16-12(15,9-11-14(4)5)8-7-10-13(2)3/h15H,6-11H2,1-5H3. The van der Waals surface area contributed by atoms with E-state index in [1.54, 1.807) is 0 Å². The Kier molecular flexibility index (Phi) is 7.93. The van der Waals surface area contributed by atoms with E-state index in [-0.39, 0.29) is 0 Å². The third-order valence-electron chi connectivity index (χ3n) is 2.54. The highest BCUT2D eigenvalue weighted by Gasteiger charge is 2.26. The van der Waals surface area contributed by atoms with E-state index >= 15 is 0 Å². The zero-order valence-electron chi connectivity index (χ0n) is 11.5. The second-order valence-corrected chi connectivity index (χ2v) is 4.84. The molecule has 0 saturated heterocycles. The summed E-state index contributed by atoms with van der Waals surface area (Å²) in [5.74, 6) is -0.949. The van der Waals surface area contributed by atoms with Crippen LogP contribution in [0, 0.1) is 0 Å². The van der Waals surface area contributed by atoms with Gasteiger partial charge in [-0.1, -0.05) is 0 Å². The molecule has 4 nitrogen and oxygen atoms in total. The molecule has 0 heterocycles. The SMILES string of the molecule is CCOC(O)(CCCN(C)C)CCN(C)C. The van der Waals surface area contributed by atoms with Gasteiger partial charge in [0.15, 0.2) is 5.79 Å². The van der Waals surface area contributed by atoms with Crippen molar-refractivity contribution < 1.29 is 9.84 Å². The molecular weight excluding hydrogens is 204 g/mol. The molecule has 0 aromatic carbocycles. The molecule has 0 aliphatic carbocycles. The Morgan fingerprint density at radius 2 is 1.56 bits per heavy atom. The lowest BCUT2D eigenvalue weighted by Crippen LogP contribution is -2.36. The Bertz CT molecular complexity index is 174. The second-order valence-electron chi connectivity index (χ2n) is 4.84. The summed E-state index contributed by atoms with van der Waals surface area (Å²) in [4.78, 5) is 4.19. The van der Waals surface area contributed by atoms with Crippen molar-refractivity contribution in [1.29, 1.82) is 0 Å². The first-order valence-electron chi connectivity index (χ1n) is 6.05. The highest BCUT2D eigenvalue weighted by molar-refractivity contribution is 4.69. The number of ether oxygens (including phenoxy) is 1. The first kappa shape index (κ1) is 15.8. The molecule has 98 valence electrons. The van der Waals surface area contributed by atoms with Crippen LogP contribution in [0.1, 0.15) is 26.2 Å². The predicted octanol–water partition coefficient (Wildman–Crippen LogP) is 1.01. The average molecular weight is 232 g/mol. The molecule has 1 atom stereocenters. The quantitative estimate of drug-likeness (QED) is 0.602. The lowest BCUT2D eigenvalue weighted by molar-refractivity contribution is -0.210. The Morgan fingerprint density at radius 1 is 1.00 bits per heavy atom.